The van der Waals surface area contributed by atoms with Gasteiger partial charge in [-0.2, -0.15) is 0 Å². The molecule has 1 N–H and O–H groups in total. The molecular formula is C25H27ClN4O5S. The standard InChI is InChI=1S/C25H27ClN4O5S/c1-4-33-19-11-15(12-20(34-5-2)22(19)35-6-3)23(32)27-25-29-28-24(36-25)16-13-21(31)30(14-16)18-9-7-17(26)8-10-18/h7-12,16H,4-6,13-14H2,1-3H3,(H,27,29,32). The molecule has 0 radical (unpaired) electrons. The van der Waals surface area contributed by atoms with Gasteiger partial charge in [0.1, 0.15) is 5.01 Å². The molecule has 1 unspecified atom stereocenters. The summed E-state index contributed by atoms with van der Waals surface area (Å²) in [4.78, 5) is 27.4. The Hall–Kier alpha value is -3.37. The maximum atomic E-state index is 13.0. The topological polar surface area (TPSA) is 103 Å². The Labute approximate surface area is 218 Å². The van der Waals surface area contributed by atoms with Gasteiger partial charge in [0.15, 0.2) is 11.5 Å². The molecule has 4 rings (SSSR count). The van der Waals surface area contributed by atoms with E-state index < -0.39 is 0 Å². The van der Waals surface area contributed by atoms with E-state index in [0.29, 0.717) is 70.8 Å². The first-order valence-corrected chi connectivity index (χ1v) is 12.9. The molecule has 36 heavy (non-hydrogen) atoms. The minimum Gasteiger partial charge on any atom is -0.490 e. The van der Waals surface area contributed by atoms with E-state index in [4.69, 9.17) is 25.8 Å². The number of benzene rings is 2. The Kier molecular flexibility index (Phi) is 8.27. The Morgan fingerprint density at radius 2 is 1.69 bits per heavy atom. The van der Waals surface area contributed by atoms with E-state index in [9.17, 15) is 9.59 Å². The molecule has 2 heterocycles. The maximum Gasteiger partial charge on any atom is 0.257 e. The van der Waals surface area contributed by atoms with Gasteiger partial charge in [0, 0.05) is 35.2 Å². The monoisotopic (exact) mass is 530 g/mol. The molecule has 1 aromatic heterocycles. The molecule has 1 atom stereocenters. The number of hydrogen-bond donors (Lipinski definition) is 1. The molecule has 0 aliphatic carbocycles. The predicted octanol–water partition coefficient (Wildman–Crippen LogP) is 5.16. The summed E-state index contributed by atoms with van der Waals surface area (Å²) in [7, 11) is 0. The zero-order valence-corrected chi connectivity index (χ0v) is 21.8. The first-order chi connectivity index (χ1) is 17.4. The van der Waals surface area contributed by atoms with Crippen molar-refractivity contribution in [3.8, 4) is 17.2 Å². The van der Waals surface area contributed by atoms with Gasteiger partial charge in [-0.05, 0) is 57.2 Å². The average molecular weight is 531 g/mol. The number of hydrogen-bond acceptors (Lipinski definition) is 8. The molecule has 0 spiro atoms. The predicted molar refractivity (Wildman–Crippen MR) is 139 cm³/mol. The minimum atomic E-state index is -0.382. The summed E-state index contributed by atoms with van der Waals surface area (Å²) >= 11 is 7.22. The van der Waals surface area contributed by atoms with Crippen LogP contribution in [-0.4, -0.2) is 48.4 Å². The highest BCUT2D eigenvalue weighted by atomic mass is 35.5. The number of anilines is 2. The molecule has 0 bridgehead atoms. The number of halogens is 1. The molecule has 0 saturated carbocycles. The van der Waals surface area contributed by atoms with Gasteiger partial charge in [-0.25, -0.2) is 0 Å². The molecule has 1 saturated heterocycles. The van der Waals surface area contributed by atoms with Gasteiger partial charge in [-0.3, -0.25) is 14.9 Å². The van der Waals surface area contributed by atoms with Crippen LogP contribution in [0.5, 0.6) is 17.2 Å². The van der Waals surface area contributed by atoms with Gasteiger partial charge < -0.3 is 19.1 Å². The van der Waals surface area contributed by atoms with Crippen LogP contribution in [0.1, 0.15) is 48.5 Å². The van der Waals surface area contributed by atoms with Crippen LogP contribution in [-0.2, 0) is 4.79 Å². The fourth-order valence-electron chi connectivity index (χ4n) is 3.88. The van der Waals surface area contributed by atoms with Crippen molar-refractivity contribution in [2.24, 2.45) is 0 Å². The van der Waals surface area contributed by atoms with E-state index in [-0.39, 0.29) is 17.7 Å². The molecule has 3 aromatic rings. The van der Waals surface area contributed by atoms with Gasteiger partial charge in [-0.1, -0.05) is 22.9 Å². The van der Waals surface area contributed by atoms with Crippen LogP contribution < -0.4 is 24.4 Å². The van der Waals surface area contributed by atoms with Gasteiger partial charge in [0.2, 0.25) is 16.8 Å². The number of rotatable bonds is 10. The highest BCUT2D eigenvalue weighted by Gasteiger charge is 2.34. The van der Waals surface area contributed by atoms with Crippen molar-refractivity contribution in [3.05, 3.63) is 52.0 Å². The van der Waals surface area contributed by atoms with Crippen LogP contribution in [0.2, 0.25) is 5.02 Å². The van der Waals surface area contributed by atoms with Crippen molar-refractivity contribution in [1.82, 2.24) is 10.2 Å². The summed E-state index contributed by atoms with van der Waals surface area (Å²) in [5, 5.41) is 12.8. The lowest BCUT2D eigenvalue weighted by molar-refractivity contribution is -0.117. The summed E-state index contributed by atoms with van der Waals surface area (Å²) in [6.07, 6.45) is 0.319. The Morgan fingerprint density at radius 1 is 1.06 bits per heavy atom. The van der Waals surface area contributed by atoms with Crippen molar-refractivity contribution in [1.29, 1.82) is 0 Å². The van der Waals surface area contributed by atoms with Crippen LogP contribution in [0.4, 0.5) is 10.8 Å². The summed E-state index contributed by atoms with van der Waals surface area (Å²) in [5.74, 6) is 0.834. The van der Waals surface area contributed by atoms with E-state index in [1.165, 1.54) is 11.3 Å². The number of carbonyl (C=O) groups excluding carboxylic acids is 2. The number of aromatic nitrogens is 2. The van der Waals surface area contributed by atoms with Crippen LogP contribution in [0, 0.1) is 0 Å². The lowest BCUT2D eigenvalue weighted by Gasteiger charge is -2.16. The zero-order valence-electron chi connectivity index (χ0n) is 20.2. The SMILES string of the molecule is CCOc1cc(C(=O)Nc2nnc(C3CC(=O)N(c4ccc(Cl)cc4)C3)s2)cc(OCC)c1OCC. The van der Waals surface area contributed by atoms with E-state index in [0.717, 1.165) is 5.69 Å². The summed E-state index contributed by atoms with van der Waals surface area (Å²) in [6.45, 7) is 7.30. The highest BCUT2D eigenvalue weighted by Crippen LogP contribution is 2.40. The fraction of sp³-hybridized carbons (Fsp3) is 0.360. The number of nitrogens with zero attached hydrogens (tertiary/aromatic N) is 3. The average Bonchev–Trinajstić information content (AvgIpc) is 3.48. The third-order valence-corrected chi connectivity index (χ3v) is 6.70. The summed E-state index contributed by atoms with van der Waals surface area (Å²) in [5.41, 5.74) is 1.13. The van der Waals surface area contributed by atoms with E-state index in [1.807, 2.05) is 32.9 Å². The van der Waals surface area contributed by atoms with Crippen molar-refractivity contribution in [2.75, 3.05) is 36.6 Å². The minimum absolute atomic E-state index is 0.00408. The first-order valence-electron chi connectivity index (χ1n) is 11.7. The van der Waals surface area contributed by atoms with Crippen molar-refractivity contribution in [3.63, 3.8) is 0 Å². The van der Waals surface area contributed by atoms with Gasteiger partial charge >= 0.3 is 0 Å². The molecule has 2 aromatic carbocycles. The third kappa shape index (κ3) is 5.71. The molecule has 1 aliphatic heterocycles. The van der Waals surface area contributed by atoms with E-state index >= 15 is 0 Å². The number of carbonyl (C=O) groups is 2. The summed E-state index contributed by atoms with van der Waals surface area (Å²) in [6, 6.07) is 10.4. The van der Waals surface area contributed by atoms with Gasteiger partial charge in [-0.15, -0.1) is 10.2 Å². The molecular weight excluding hydrogens is 504 g/mol. The second-order valence-electron chi connectivity index (χ2n) is 7.88. The van der Waals surface area contributed by atoms with Gasteiger partial charge in [0.05, 0.1) is 19.8 Å². The third-order valence-electron chi connectivity index (χ3n) is 5.44. The number of nitrogens with one attached hydrogen (secondary N) is 1. The largest absolute Gasteiger partial charge is 0.490 e. The normalized spacial score (nSPS) is 15.2. The lowest BCUT2D eigenvalue weighted by atomic mass is 10.1. The fourth-order valence-corrected chi connectivity index (χ4v) is 4.84. The Morgan fingerprint density at radius 3 is 2.31 bits per heavy atom. The first kappa shape index (κ1) is 25.7. The highest BCUT2D eigenvalue weighted by molar-refractivity contribution is 7.15. The van der Waals surface area contributed by atoms with Crippen molar-refractivity contribution in [2.45, 2.75) is 33.1 Å². The van der Waals surface area contributed by atoms with Gasteiger partial charge in [0.25, 0.3) is 5.91 Å². The molecule has 1 aliphatic rings. The molecule has 1 fully saturated rings. The second-order valence-corrected chi connectivity index (χ2v) is 9.33. The molecule has 11 heteroatoms. The van der Waals surface area contributed by atoms with E-state index in [1.54, 1.807) is 29.2 Å². The lowest BCUT2D eigenvalue weighted by Crippen LogP contribution is -2.24. The quantitative estimate of drug-likeness (QED) is 0.386. The van der Waals surface area contributed by atoms with Crippen LogP contribution >= 0.6 is 22.9 Å². The molecule has 2 amide bonds. The summed E-state index contributed by atoms with van der Waals surface area (Å²) < 4.78 is 17.1. The maximum absolute atomic E-state index is 13.0. The van der Waals surface area contributed by atoms with Crippen LogP contribution in [0.3, 0.4) is 0 Å². The van der Waals surface area contributed by atoms with Crippen molar-refractivity contribution < 1.29 is 23.8 Å². The zero-order chi connectivity index (χ0) is 25.7. The Bertz CT molecular complexity index is 1210. The van der Waals surface area contributed by atoms with E-state index in [2.05, 4.69) is 15.5 Å². The second kappa shape index (κ2) is 11.6. The van der Waals surface area contributed by atoms with Crippen molar-refractivity contribution >= 4 is 45.6 Å². The molecule has 190 valence electrons. The number of amides is 2. The number of ether oxygens (including phenoxy) is 3. The smallest absolute Gasteiger partial charge is 0.257 e. The van der Waals surface area contributed by atoms with Crippen LogP contribution in [0.25, 0.3) is 0 Å². The van der Waals surface area contributed by atoms with Crippen LogP contribution in [0.15, 0.2) is 36.4 Å². The Balaban J connectivity index is 1.49. The molecule has 9 nitrogen and oxygen atoms in total.